The summed E-state index contributed by atoms with van der Waals surface area (Å²) in [6.07, 6.45) is 2.15. The van der Waals surface area contributed by atoms with Gasteiger partial charge in [0.15, 0.2) is 0 Å². The van der Waals surface area contributed by atoms with Gasteiger partial charge in [0.25, 0.3) is 5.91 Å². The molecule has 3 N–H and O–H groups in total. The van der Waals surface area contributed by atoms with Gasteiger partial charge in [-0.1, -0.05) is 0 Å². The highest BCUT2D eigenvalue weighted by molar-refractivity contribution is 5.81. The Hall–Kier alpha value is -0.690. The van der Waals surface area contributed by atoms with Crippen molar-refractivity contribution in [1.29, 1.82) is 0 Å². The third kappa shape index (κ3) is 3.92. The summed E-state index contributed by atoms with van der Waals surface area (Å²) in [4.78, 5) is 16.0. The van der Waals surface area contributed by atoms with Crippen molar-refractivity contribution in [2.24, 2.45) is 5.84 Å². The summed E-state index contributed by atoms with van der Waals surface area (Å²) in [6.45, 7) is 2.20. The molecule has 1 heterocycles. The standard InChI is InChI=1S/C11H24N4O2/c1-14(2)9-4-6-15(7-5-9)10(8-17-3)11(16)13-12/h9-10H,4-8,12H2,1-3H3,(H,13,16). The van der Waals surface area contributed by atoms with Gasteiger partial charge in [0.05, 0.1) is 6.61 Å². The second-order valence-electron chi connectivity index (χ2n) is 4.71. The maximum Gasteiger partial charge on any atom is 0.253 e. The normalized spacial score (nSPS) is 20.5. The van der Waals surface area contributed by atoms with Gasteiger partial charge >= 0.3 is 0 Å². The van der Waals surface area contributed by atoms with E-state index in [0.717, 1.165) is 25.9 Å². The van der Waals surface area contributed by atoms with E-state index >= 15 is 0 Å². The number of nitrogens with two attached hydrogens (primary N) is 1. The highest BCUT2D eigenvalue weighted by atomic mass is 16.5. The number of hydrogen-bond donors (Lipinski definition) is 2. The molecule has 1 unspecified atom stereocenters. The fraction of sp³-hybridized carbons (Fsp3) is 0.909. The molecule has 1 fully saturated rings. The largest absolute Gasteiger partial charge is 0.383 e. The quantitative estimate of drug-likeness (QED) is 0.369. The molecule has 0 aromatic heterocycles. The molecule has 0 saturated carbocycles. The molecule has 6 heteroatoms. The van der Waals surface area contributed by atoms with E-state index in [2.05, 4.69) is 29.3 Å². The maximum absolute atomic E-state index is 11.6. The van der Waals surface area contributed by atoms with Gasteiger partial charge in [-0.3, -0.25) is 15.1 Å². The van der Waals surface area contributed by atoms with Crippen molar-refractivity contribution >= 4 is 5.91 Å². The smallest absolute Gasteiger partial charge is 0.253 e. The zero-order valence-electron chi connectivity index (χ0n) is 11.0. The van der Waals surface area contributed by atoms with Crippen LogP contribution in [0.5, 0.6) is 0 Å². The van der Waals surface area contributed by atoms with E-state index in [1.165, 1.54) is 0 Å². The van der Waals surface area contributed by atoms with Crippen LogP contribution in [0.1, 0.15) is 12.8 Å². The zero-order valence-corrected chi connectivity index (χ0v) is 11.0. The van der Waals surface area contributed by atoms with Crippen LogP contribution in [0.15, 0.2) is 0 Å². The number of hydrazine groups is 1. The molecule has 17 heavy (non-hydrogen) atoms. The molecule has 1 amide bonds. The van der Waals surface area contributed by atoms with E-state index in [4.69, 9.17) is 10.6 Å². The van der Waals surface area contributed by atoms with Crippen LogP contribution in [-0.2, 0) is 9.53 Å². The Bertz CT molecular complexity index is 240. The lowest BCUT2D eigenvalue weighted by molar-refractivity contribution is -0.129. The molecule has 1 aliphatic rings. The van der Waals surface area contributed by atoms with E-state index in [0.29, 0.717) is 12.6 Å². The van der Waals surface area contributed by atoms with Gasteiger partial charge in [-0.05, 0) is 26.9 Å². The van der Waals surface area contributed by atoms with Gasteiger partial charge in [0.2, 0.25) is 0 Å². The number of carbonyl (C=O) groups excluding carboxylic acids is 1. The van der Waals surface area contributed by atoms with Gasteiger partial charge < -0.3 is 9.64 Å². The molecule has 0 radical (unpaired) electrons. The van der Waals surface area contributed by atoms with Crippen molar-refractivity contribution in [1.82, 2.24) is 15.2 Å². The number of nitrogens with zero attached hydrogens (tertiary/aromatic N) is 2. The molecule has 0 aromatic carbocycles. The van der Waals surface area contributed by atoms with Crippen molar-refractivity contribution in [3.05, 3.63) is 0 Å². The van der Waals surface area contributed by atoms with Crippen LogP contribution >= 0.6 is 0 Å². The van der Waals surface area contributed by atoms with Crippen molar-refractivity contribution in [3.8, 4) is 0 Å². The Morgan fingerprint density at radius 1 is 1.53 bits per heavy atom. The zero-order chi connectivity index (χ0) is 12.8. The second kappa shape index (κ2) is 6.90. The first-order valence-corrected chi connectivity index (χ1v) is 6.00. The number of ether oxygens (including phenoxy) is 1. The lowest BCUT2D eigenvalue weighted by atomic mass is 10.0. The minimum atomic E-state index is -0.270. The molecular formula is C11H24N4O2. The molecule has 0 bridgehead atoms. The predicted octanol–water partition coefficient (Wildman–Crippen LogP) is -0.983. The summed E-state index contributed by atoms with van der Waals surface area (Å²) in [6, 6.07) is 0.337. The molecular weight excluding hydrogens is 220 g/mol. The number of amides is 1. The highest BCUT2D eigenvalue weighted by Gasteiger charge is 2.29. The van der Waals surface area contributed by atoms with Crippen LogP contribution in [0.25, 0.3) is 0 Å². The Labute approximate surface area is 103 Å². The summed E-state index contributed by atoms with van der Waals surface area (Å²) < 4.78 is 5.09. The summed E-state index contributed by atoms with van der Waals surface area (Å²) in [7, 11) is 5.79. The molecule has 1 rings (SSSR count). The van der Waals surface area contributed by atoms with Crippen molar-refractivity contribution in [3.63, 3.8) is 0 Å². The van der Waals surface area contributed by atoms with Crippen molar-refractivity contribution in [2.75, 3.05) is 40.9 Å². The molecule has 6 nitrogen and oxygen atoms in total. The minimum Gasteiger partial charge on any atom is -0.383 e. The molecule has 1 atom stereocenters. The Kier molecular flexibility index (Phi) is 5.84. The number of methoxy groups -OCH3 is 1. The lowest BCUT2D eigenvalue weighted by Crippen LogP contribution is -2.55. The Morgan fingerprint density at radius 2 is 2.12 bits per heavy atom. The second-order valence-corrected chi connectivity index (χ2v) is 4.71. The molecule has 0 spiro atoms. The minimum absolute atomic E-state index is 0.171. The van der Waals surface area contributed by atoms with Crippen LogP contribution in [0.4, 0.5) is 0 Å². The molecule has 100 valence electrons. The molecule has 1 aliphatic heterocycles. The fourth-order valence-corrected chi connectivity index (χ4v) is 2.31. The highest BCUT2D eigenvalue weighted by Crippen LogP contribution is 2.16. The fourth-order valence-electron chi connectivity index (χ4n) is 2.31. The summed E-state index contributed by atoms with van der Waals surface area (Å²) in [5.74, 6) is 5.02. The maximum atomic E-state index is 11.6. The summed E-state index contributed by atoms with van der Waals surface area (Å²) in [5.41, 5.74) is 2.21. The van der Waals surface area contributed by atoms with Crippen LogP contribution in [0, 0.1) is 0 Å². The first-order valence-electron chi connectivity index (χ1n) is 6.00. The van der Waals surface area contributed by atoms with Crippen molar-refractivity contribution < 1.29 is 9.53 Å². The van der Waals surface area contributed by atoms with E-state index < -0.39 is 0 Å². The van der Waals surface area contributed by atoms with Crippen molar-refractivity contribution in [2.45, 2.75) is 24.9 Å². The van der Waals surface area contributed by atoms with Crippen LogP contribution < -0.4 is 11.3 Å². The summed E-state index contributed by atoms with van der Waals surface area (Å²) in [5, 5.41) is 0. The monoisotopic (exact) mass is 244 g/mol. The average molecular weight is 244 g/mol. The SMILES string of the molecule is COCC(C(=O)NN)N1CCC(N(C)C)CC1. The molecule has 0 aromatic rings. The first kappa shape index (κ1) is 14.4. The predicted molar refractivity (Wildman–Crippen MR) is 66.3 cm³/mol. The van der Waals surface area contributed by atoms with Gasteiger partial charge in [0.1, 0.15) is 6.04 Å². The van der Waals surface area contributed by atoms with Crippen LogP contribution in [0.3, 0.4) is 0 Å². The number of piperidine rings is 1. The lowest BCUT2D eigenvalue weighted by Gasteiger charge is -2.38. The topological polar surface area (TPSA) is 70.8 Å². The van der Waals surface area contributed by atoms with Gasteiger partial charge in [-0.15, -0.1) is 0 Å². The first-order chi connectivity index (χ1) is 8.10. The third-order valence-corrected chi connectivity index (χ3v) is 3.44. The van der Waals surface area contributed by atoms with Gasteiger partial charge in [-0.25, -0.2) is 5.84 Å². The van der Waals surface area contributed by atoms with E-state index in [9.17, 15) is 4.79 Å². The van der Waals surface area contributed by atoms with Crippen LogP contribution in [0.2, 0.25) is 0 Å². The van der Waals surface area contributed by atoms with E-state index in [1.54, 1.807) is 7.11 Å². The van der Waals surface area contributed by atoms with Crippen LogP contribution in [-0.4, -0.2) is 68.7 Å². The third-order valence-electron chi connectivity index (χ3n) is 3.44. The van der Waals surface area contributed by atoms with Gasteiger partial charge in [-0.2, -0.15) is 0 Å². The van der Waals surface area contributed by atoms with E-state index in [1.807, 2.05) is 0 Å². The average Bonchev–Trinajstić information content (AvgIpc) is 2.35. The number of carbonyl (C=O) groups is 1. The molecule has 1 saturated heterocycles. The summed E-state index contributed by atoms with van der Waals surface area (Å²) >= 11 is 0. The molecule has 0 aliphatic carbocycles. The number of nitrogens with one attached hydrogen (secondary N) is 1. The van der Waals surface area contributed by atoms with E-state index in [-0.39, 0.29) is 11.9 Å². The number of rotatable bonds is 5. The Morgan fingerprint density at radius 3 is 2.53 bits per heavy atom. The van der Waals surface area contributed by atoms with Gasteiger partial charge in [0, 0.05) is 26.2 Å². The Balaban J connectivity index is 2.51. The number of likely N-dealkylation sites (tertiary alicyclic amines) is 1. The number of hydrogen-bond acceptors (Lipinski definition) is 5.